The molecule has 1 unspecified atom stereocenters. The number of piperidine rings is 1. The summed E-state index contributed by atoms with van der Waals surface area (Å²) in [7, 11) is 0. The highest BCUT2D eigenvalue weighted by Gasteiger charge is 2.45. The number of rotatable bonds is 7. The maximum Gasteiger partial charge on any atom is 0.0736 e. The average molecular weight is 344 g/mol. The summed E-state index contributed by atoms with van der Waals surface area (Å²) in [4.78, 5) is 6.74. The molecule has 1 aromatic rings. The number of hydrogen-bond donors (Lipinski definition) is 0. The van der Waals surface area contributed by atoms with E-state index in [2.05, 4.69) is 9.88 Å². The molecule has 0 N–H and O–H groups in total. The molecule has 138 valence electrons. The fourth-order valence-corrected chi connectivity index (χ4v) is 4.79. The molecule has 4 heteroatoms. The van der Waals surface area contributed by atoms with Crippen LogP contribution in [0, 0.1) is 11.8 Å². The molecule has 3 aliphatic rings. The van der Waals surface area contributed by atoms with Crippen LogP contribution >= 0.6 is 0 Å². The molecule has 4 rings (SSSR count). The first-order chi connectivity index (χ1) is 12.3. The van der Waals surface area contributed by atoms with Crippen LogP contribution < -0.4 is 0 Å². The summed E-state index contributed by atoms with van der Waals surface area (Å²) in [5, 5.41) is 0. The summed E-state index contributed by atoms with van der Waals surface area (Å²) in [5.74, 6) is 1.66. The van der Waals surface area contributed by atoms with Gasteiger partial charge in [0.15, 0.2) is 0 Å². The van der Waals surface area contributed by atoms with Crippen molar-refractivity contribution in [2.45, 2.75) is 57.2 Å². The van der Waals surface area contributed by atoms with Gasteiger partial charge in [-0.25, -0.2) is 0 Å². The molecular weight excluding hydrogens is 312 g/mol. The molecule has 3 fully saturated rings. The SMILES string of the molecule is c1cc(COCCC2CCOC23CCN(CC2CCC2)CC3)ccn1. The summed E-state index contributed by atoms with van der Waals surface area (Å²) >= 11 is 0. The lowest BCUT2D eigenvalue weighted by atomic mass is 9.77. The van der Waals surface area contributed by atoms with Gasteiger partial charge in [-0.2, -0.15) is 0 Å². The first-order valence-corrected chi connectivity index (χ1v) is 10.2. The van der Waals surface area contributed by atoms with Crippen LogP contribution in [0.4, 0.5) is 0 Å². The molecule has 2 saturated heterocycles. The quantitative estimate of drug-likeness (QED) is 0.707. The van der Waals surface area contributed by atoms with Crippen LogP contribution in [0.2, 0.25) is 0 Å². The van der Waals surface area contributed by atoms with Crippen molar-refractivity contribution in [3.63, 3.8) is 0 Å². The van der Waals surface area contributed by atoms with E-state index in [1.54, 1.807) is 0 Å². The third-order valence-electron chi connectivity index (χ3n) is 6.67. The van der Waals surface area contributed by atoms with E-state index in [-0.39, 0.29) is 5.60 Å². The summed E-state index contributed by atoms with van der Waals surface area (Å²) in [6.45, 7) is 6.26. The fraction of sp³-hybridized carbons (Fsp3) is 0.762. The maximum atomic E-state index is 6.31. The Bertz CT molecular complexity index is 524. The van der Waals surface area contributed by atoms with Crippen molar-refractivity contribution >= 4 is 0 Å². The minimum Gasteiger partial charge on any atom is -0.377 e. The lowest BCUT2D eigenvalue weighted by molar-refractivity contribution is -0.0749. The highest BCUT2D eigenvalue weighted by atomic mass is 16.5. The molecule has 2 aliphatic heterocycles. The normalized spacial score (nSPS) is 26.8. The van der Waals surface area contributed by atoms with Crippen molar-refractivity contribution < 1.29 is 9.47 Å². The van der Waals surface area contributed by atoms with E-state index in [4.69, 9.17) is 9.47 Å². The maximum absolute atomic E-state index is 6.31. The number of ether oxygens (including phenoxy) is 2. The average Bonchev–Trinajstić information content (AvgIpc) is 3.00. The van der Waals surface area contributed by atoms with Crippen LogP contribution in [0.3, 0.4) is 0 Å². The van der Waals surface area contributed by atoms with Gasteiger partial charge in [-0.05, 0) is 68.1 Å². The minimum atomic E-state index is 0.149. The molecular formula is C21H32N2O2. The molecule has 1 saturated carbocycles. The minimum absolute atomic E-state index is 0.149. The van der Waals surface area contributed by atoms with E-state index < -0.39 is 0 Å². The Balaban J connectivity index is 1.20. The zero-order valence-electron chi connectivity index (χ0n) is 15.4. The number of likely N-dealkylation sites (tertiary alicyclic amines) is 1. The zero-order chi connectivity index (χ0) is 17.0. The van der Waals surface area contributed by atoms with Crippen LogP contribution in [-0.2, 0) is 16.1 Å². The first kappa shape index (κ1) is 17.4. The summed E-state index contributed by atoms with van der Waals surface area (Å²) in [5.41, 5.74) is 1.35. The van der Waals surface area contributed by atoms with Gasteiger partial charge in [0.2, 0.25) is 0 Å². The van der Waals surface area contributed by atoms with E-state index in [1.807, 2.05) is 24.5 Å². The van der Waals surface area contributed by atoms with Gasteiger partial charge in [0.05, 0.1) is 12.2 Å². The standard InChI is InChI=1S/C21H32N2O2/c1-2-18(3-1)16-23-12-8-21(9-13-23)20(7-15-25-21)6-14-24-17-19-4-10-22-11-5-19/h4-5,10-11,18,20H,1-3,6-9,12-17H2. The molecule has 0 amide bonds. The Morgan fingerprint density at radius 3 is 2.68 bits per heavy atom. The fourth-order valence-electron chi connectivity index (χ4n) is 4.79. The van der Waals surface area contributed by atoms with E-state index >= 15 is 0 Å². The lowest BCUT2D eigenvalue weighted by Gasteiger charge is -2.44. The van der Waals surface area contributed by atoms with Gasteiger partial charge >= 0.3 is 0 Å². The Hall–Kier alpha value is -0.970. The monoisotopic (exact) mass is 344 g/mol. The molecule has 0 aromatic carbocycles. The van der Waals surface area contributed by atoms with Gasteiger partial charge in [0.1, 0.15) is 0 Å². The first-order valence-electron chi connectivity index (χ1n) is 10.2. The summed E-state index contributed by atoms with van der Waals surface area (Å²) in [6.07, 6.45) is 12.8. The molecule has 1 aliphatic carbocycles. The Morgan fingerprint density at radius 2 is 1.96 bits per heavy atom. The Kier molecular flexibility index (Phi) is 5.69. The van der Waals surface area contributed by atoms with E-state index in [0.29, 0.717) is 12.5 Å². The second kappa shape index (κ2) is 8.15. The largest absolute Gasteiger partial charge is 0.377 e. The predicted octanol–water partition coefficient (Wildman–Crippen LogP) is 3.66. The molecule has 3 heterocycles. The van der Waals surface area contributed by atoms with Gasteiger partial charge in [-0.3, -0.25) is 4.98 Å². The second-order valence-corrected chi connectivity index (χ2v) is 8.19. The van der Waals surface area contributed by atoms with E-state index in [1.165, 1.54) is 63.7 Å². The third-order valence-corrected chi connectivity index (χ3v) is 6.67. The van der Waals surface area contributed by atoms with Crippen molar-refractivity contribution in [3.8, 4) is 0 Å². The van der Waals surface area contributed by atoms with E-state index in [9.17, 15) is 0 Å². The predicted molar refractivity (Wildman–Crippen MR) is 98.3 cm³/mol. The zero-order valence-corrected chi connectivity index (χ0v) is 15.4. The highest BCUT2D eigenvalue weighted by Crippen LogP contribution is 2.42. The molecule has 1 atom stereocenters. The van der Waals surface area contributed by atoms with Crippen LogP contribution in [-0.4, -0.2) is 48.3 Å². The number of nitrogens with zero attached hydrogens (tertiary/aromatic N) is 2. The Morgan fingerprint density at radius 1 is 1.16 bits per heavy atom. The number of pyridine rings is 1. The smallest absolute Gasteiger partial charge is 0.0736 e. The number of hydrogen-bond acceptors (Lipinski definition) is 4. The van der Waals surface area contributed by atoms with Gasteiger partial charge in [0, 0.05) is 45.2 Å². The molecule has 1 spiro atoms. The second-order valence-electron chi connectivity index (χ2n) is 8.19. The lowest BCUT2D eigenvalue weighted by Crippen LogP contribution is -2.49. The molecule has 0 bridgehead atoms. The van der Waals surface area contributed by atoms with Crippen molar-refractivity contribution in [3.05, 3.63) is 30.1 Å². The summed E-state index contributed by atoms with van der Waals surface area (Å²) in [6, 6.07) is 4.05. The van der Waals surface area contributed by atoms with Crippen molar-refractivity contribution in [1.29, 1.82) is 0 Å². The van der Waals surface area contributed by atoms with Gasteiger partial charge in [-0.1, -0.05) is 6.42 Å². The topological polar surface area (TPSA) is 34.6 Å². The summed E-state index contributed by atoms with van der Waals surface area (Å²) < 4.78 is 12.2. The molecule has 0 radical (unpaired) electrons. The van der Waals surface area contributed by atoms with Crippen molar-refractivity contribution in [2.24, 2.45) is 11.8 Å². The van der Waals surface area contributed by atoms with Crippen LogP contribution in [0.1, 0.15) is 50.5 Å². The van der Waals surface area contributed by atoms with Gasteiger partial charge in [-0.15, -0.1) is 0 Å². The van der Waals surface area contributed by atoms with Crippen molar-refractivity contribution in [1.82, 2.24) is 9.88 Å². The van der Waals surface area contributed by atoms with Crippen LogP contribution in [0.5, 0.6) is 0 Å². The number of aromatic nitrogens is 1. The van der Waals surface area contributed by atoms with Gasteiger partial charge in [0.25, 0.3) is 0 Å². The third kappa shape index (κ3) is 4.24. The Labute approximate surface area is 151 Å². The van der Waals surface area contributed by atoms with Crippen molar-refractivity contribution in [2.75, 3.05) is 32.8 Å². The molecule has 25 heavy (non-hydrogen) atoms. The molecule has 1 aromatic heterocycles. The highest BCUT2D eigenvalue weighted by molar-refractivity contribution is 5.07. The molecule has 4 nitrogen and oxygen atoms in total. The van der Waals surface area contributed by atoms with Gasteiger partial charge < -0.3 is 14.4 Å². The van der Waals surface area contributed by atoms with Crippen LogP contribution in [0.25, 0.3) is 0 Å². The van der Waals surface area contributed by atoms with Crippen LogP contribution in [0.15, 0.2) is 24.5 Å². The van der Waals surface area contributed by atoms with E-state index in [0.717, 1.165) is 25.6 Å².